The van der Waals surface area contributed by atoms with Gasteiger partial charge < -0.3 is 35.4 Å². The zero-order valence-electron chi connectivity index (χ0n) is 33.5. The Morgan fingerprint density at radius 2 is 1.63 bits per heavy atom. The molecule has 0 bridgehead atoms. The summed E-state index contributed by atoms with van der Waals surface area (Å²) in [6.07, 6.45) is 3.08. The smallest absolute Gasteiger partial charge is 0.407 e. The highest BCUT2D eigenvalue weighted by Gasteiger charge is 2.29. The monoisotopic (exact) mass is 845 g/mol. The van der Waals surface area contributed by atoms with Crippen molar-refractivity contribution in [1.82, 2.24) is 30.5 Å². The number of aryl methyl sites for hydroxylation is 2. The Morgan fingerprint density at radius 3 is 2.37 bits per heavy atom. The van der Waals surface area contributed by atoms with Crippen LogP contribution in [0.3, 0.4) is 0 Å². The second-order valence-electron chi connectivity index (χ2n) is 13.6. The Kier molecular flexibility index (Phi) is 15.8. The number of alkyl carbamates (subject to hydrolysis) is 1. The van der Waals surface area contributed by atoms with Crippen molar-refractivity contribution in [1.29, 1.82) is 0 Å². The van der Waals surface area contributed by atoms with Crippen LogP contribution < -0.4 is 35.5 Å². The molecule has 18 nitrogen and oxygen atoms in total. The second-order valence-corrected chi connectivity index (χ2v) is 15.2. The number of pyridine rings is 1. The van der Waals surface area contributed by atoms with Crippen LogP contribution in [-0.2, 0) is 42.2 Å². The number of benzene rings is 3. The maximum Gasteiger partial charge on any atom is 0.407 e. The third-order valence-electron chi connectivity index (χ3n) is 9.07. The van der Waals surface area contributed by atoms with Crippen molar-refractivity contribution in [2.75, 3.05) is 45.2 Å². The molecular weight excluding hydrogens is 797 g/mol. The molecule has 2 heterocycles. The fourth-order valence-corrected chi connectivity index (χ4v) is 7.84. The molecule has 0 aliphatic carbocycles. The molecule has 0 saturated heterocycles. The van der Waals surface area contributed by atoms with Crippen molar-refractivity contribution in [2.45, 2.75) is 50.8 Å². The van der Waals surface area contributed by atoms with Crippen molar-refractivity contribution in [3.05, 3.63) is 114 Å². The Morgan fingerprint density at radius 1 is 0.900 bits per heavy atom. The number of hydrogen-bond acceptors (Lipinski definition) is 12. The van der Waals surface area contributed by atoms with Gasteiger partial charge in [0.25, 0.3) is 5.91 Å². The number of esters is 1. The first-order chi connectivity index (χ1) is 28.8. The van der Waals surface area contributed by atoms with E-state index in [1.807, 2.05) is 30.3 Å². The number of aromatic nitrogens is 3. The predicted octanol–water partition coefficient (Wildman–Crippen LogP) is 2.74. The van der Waals surface area contributed by atoms with Crippen LogP contribution in [0.5, 0.6) is 5.75 Å². The third-order valence-corrected chi connectivity index (χ3v) is 10.8. The van der Waals surface area contributed by atoms with Gasteiger partial charge in [0.1, 0.15) is 31.1 Å². The van der Waals surface area contributed by atoms with Crippen LogP contribution in [0, 0.1) is 13.8 Å². The summed E-state index contributed by atoms with van der Waals surface area (Å²) < 4.78 is 48.2. The van der Waals surface area contributed by atoms with E-state index in [1.54, 1.807) is 73.3 Å². The Balaban J connectivity index is 1.07. The lowest BCUT2D eigenvalue weighted by Gasteiger charge is -2.20. The molecule has 3 aromatic carbocycles. The van der Waals surface area contributed by atoms with Gasteiger partial charge in [0, 0.05) is 43.1 Å². The van der Waals surface area contributed by atoms with Crippen molar-refractivity contribution in [3.63, 3.8) is 0 Å². The van der Waals surface area contributed by atoms with Crippen LogP contribution in [0.4, 0.5) is 10.6 Å². The van der Waals surface area contributed by atoms with Gasteiger partial charge in [0.05, 0.1) is 36.9 Å². The molecule has 60 heavy (non-hydrogen) atoms. The van der Waals surface area contributed by atoms with Crippen molar-refractivity contribution in [2.24, 2.45) is 0 Å². The van der Waals surface area contributed by atoms with E-state index in [0.717, 1.165) is 22.9 Å². The molecule has 5 aromatic rings. The van der Waals surface area contributed by atoms with Crippen LogP contribution in [0.1, 0.15) is 39.9 Å². The van der Waals surface area contributed by atoms with Crippen LogP contribution in [0.25, 0.3) is 10.9 Å². The average Bonchev–Trinajstić information content (AvgIpc) is 3.64. The number of carbonyl (C=O) groups excluding carboxylic acids is 4. The predicted molar refractivity (Wildman–Crippen MR) is 219 cm³/mol. The number of ether oxygens (including phenoxy) is 3. The summed E-state index contributed by atoms with van der Waals surface area (Å²) in [5.41, 5.74) is 2.59. The number of fused-ring (bicyclic) bond motifs is 1. The number of hydrogen-bond donors (Lipinski definition) is 6. The molecule has 3 amide bonds. The number of nitrogens with one attached hydrogen (secondary N) is 5. The standard InChI is InChI=1S/C41H48N8O10S/c1-28-22-33(58-21-9-13-37(50)43-16-17-44-41(53)59-27-30-10-5-4-6-11-30)23-29(2)38(28)60(55,56)47-34(40(52)57-3)26-45-39(51)31-14-15-35-32(24-31)25-46-48(35)20-18-42-36-12-7-8-19-49(36)54/h4-8,10-12,14-15,19,22-25,34,47,54H,9,13,16-18,20-21,26-27H2,1-3H3,(H3,43,44,45,50,51,53)/p+1/t34-/m0/s1. The fraction of sp³-hybridized carbons (Fsp3) is 0.317. The van der Waals surface area contributed by atoms with Crippen LogP contribution in [0.15, 0.2) is 96.2 Å². The molecule has 5 rings (SSSR count). The zero-order valence-corrected chi connectivity index (χ0v) is 34.3. The van der Waals surface area contributed by atoms with Crippen LogP contribution in [-0.4, -0.2) is 93.2 Å². The number of carbonyl (C=O) groups is 4. The number of nitrogens with zero attached hydrogens (tertiary/aromatic N) is 3. The molecule has 318 valence electrons. The number of sulfonamides is 1. The molecule has 0 saturated carbocycles. The Labute approximate surface area is 347 Å². The molecule has 2 aromatic heterocycles. The van der Waals surface area contributed by atoms with Gasteiger partial charge in [-0.25, -0.2) is 13.2 Å². The number of amides is 3. The normalized spacial score (nSPS) is 11.7. The largest absolute Gasteiger partial charge is 0.494 e. The number of rotatable bonds is 21. The highest BCUT2D eigenvalue weighted by Crippen LogP contribution is 2.26. The lowest BCUT2D eigenvalue weighted by atomic mass is 10.1. The summed E-state index contributed by atoms with van der Waals surface area (Å²) in [6.45, 7) is 4.45. The topological polar surface area (TPSA) is 232 Å². The van der Waals surface area contributed by atoms with E-state index in [-0.39, 0.29) is 49.1 Å². The summed E-state index contributed by atoms with van der Waals surface area (Å²) in [4.78, 5) is 50.0. The van der Waals surface area contributed by atoms with Gasteiger partial charge in [-0.1, -0.05) is 41.1 Å². The van der Waals surface area contributed by atoms with Crippen molar-refractivity contribution >= 4 is 50.6 Å². The zero-order chi connectivity index (χ0) is 43.1. The van der Waals surface area contributed by atoms with E-state index in [2.05, 4.69) is 31.1 Å². The van der Waals surface area contributed by atoms with E-state index in [4.69, 9.17) is 14.2 Å². The molecule has 1 atom stereocenters. The summed E-state index contributed by atoms with van der Waals surface area (Å²) in [7, 11) is -3.19. The lowest BCUT2D eigenvalue weighted by Crippen LogP contribution is -2.49. The molecule has 0 fully saturated rings. The van der Waals surface area contributed by atoms with Gasteiger partial charge in [-0.3, -0.25) is 24.4 Å². The molecular formula is C41H49N8O10S+. The minimum Gasteiger partial charge on any atom is -0.494 e. The van der Waals surface area contributed by atoms with Gasteiger partial charge in [0.15, 0.2) is 0 Å². The van der Waals surface area contributed by atoms with E-state index in [0.29, 0.717) is 47.6 Å². The molecule has 0 radical (unpaired) electrons. The van der Waals surface area contributed by atoms with Crippen LogP contribution in [0.2, 0.25) is 0 Å². The molecule has 19 heteroatoms. The van der Waals surface area contributed by atoms with Gasteiger partial charge in [-0.2, -0.15) is 9.82 Å². The SMILES string of the molecule is COC(=O)[C@H](CNC(=O)c1ccc2c(cnn2CCNc2cccc[n+]2O)c1)NS(=O)(=O)c1c(C)cc(OCCCC(=O)NCCNC(=O)OCc2ccccc2)cc1C. The highest BCUT2D eigenvalue weighted by molar-refractivity contribution is 7.89. The first kappa shape index (κ1) is 44.4. The van der Waals surface area contributed by atoms with Gasteiger partial charge in [-0.15, -0.1) is 0 Å². The minimum absolute atomic E-state index is 0.0657. The third kappa shape index (κ3) is 12.6. The maximum atomic E-state index is 13.6. The second kappa shape index (κ2) is 21.3. The Hall–Kier alpha value is -6.73. The molecule has 6 N–H and O–H groups in total. The molecule has 0 spiro atoms. The molecule has 0 aliphatic rings. The van der Waals surface area contributed by atoms with Crippen molar-refractivity contribution in [3.8, 4) is 5.75 Å². The quantitative estimate of drug-likeness (QED) is 0.0271. The first-order valence-electron chi connectivity index (χ1n) is 19.1. The minimum atomic E-state index is -4.30. The fourth-order valence-electron chi connectivity index (χ4n) is 6.20. The number of anilines is 1. The van der Waals surface area contributed by atoms with Gasteiger partial charge in [0.2, 0.25) is 15.9 Å². The Bertz CT molecular complexity index is 2370. The van der Waals surface area contributed by atoms with Gasteiger partial charge in [-0.05, 0) is 73.4 Å². The van der Waals surface area contributed by atoms with Crippen molar-refractivity contribution < 1.29 is 51.7 Å². The number of methoxy groups -OCH3 is 1. The van der Waals surface area contributed by atoms with E-state index in [1.165, 1.54) is 6.20 Å². The van der Waals surface area contributed by atoms with Gasteiger partial charge >= 0.3 is 17.9 Å². The highest BCUT2D eigenvalue weighted by atomic mass is 32.2. The van der Waals surface area contributed by atoms with E-state index < -0.39 is 40.6 Å². The average molecular weight is 846 g/mol. The molecule has 0 unspecified atom stereocenters. The summed E-state index contributed by atoms with van der Waals surface area (Å²) >= 11 is 0. The first-order valence-corrected chi connectivity index (χ1v) is 20.6. The van der Waals surface area contributed by atoms with E-state index in [9.17, 15) is 32.8 Å². The lowest BCUT2D eigenvalue weighted by molar-refractivity contribution is -0.893. The summed E-state index contributed by atoms with van der Waals surface area (Å²) in [5, 5.41) is 26.0. The van der Waals surface area contributed by atoms with E-state index >= 15 is 0 Å². The van der Waals surface area contributed by atoms with Crippen LogP contribution >= 0.6 is 0 Å². The summed E-state index contributed by atoms with van der Waals surface area (Å²) in [5.74, 6) is -0.760. The maximum absolute atomic E-state index is 13.6. The molecule has 0 aliphatic heterocycles. The summed E-state index contributed by atoms with van der Waals surface area (Å²) in [6, 6.07) is 21.1.